The molecule has 0 radical (unpaired) electrons. The third kappa shape index (κ3) is 6.07. The van der Waals surface area contributed by atoms with Crippen LogP contribution in [0.2, 0.25) is 0 Å². The summed E-state index contributed by atoms with van der Waals surface area (Å²) < 4.78 is 31.5. The van der Waals surface area contributed by atoms with E-state index in [0.29, 0.717) is 16.9 Å². The number of amides is 1. The van der Waals surface area contributed by atoms with E-state index in [4.69, 9.17) is 4.74 Å². The van der Waals surface area contributed by atoms with Gasteiger partial charge in [-0.1, -0.05) is 19.1 Å². The van der Waals surface area contributed by atoms with Gasteiger partial charge in [-0.15, -0.1) is 0 Å². The van der Waals surface area contributed by atoms with Gasteiger partial charge >= 0.3 is 5.97 Å². The van der Waals surface area contributed by atoms with E-state index in [1.807, 2.05) is 19.9 Å². The molecule has 0 aromatic heterocycles. The highest BCUT2D eigenvalue weighted by Gasteiger charge is 2.32. The Bertz CT molecular complexity index is 1060. The molecule has 2 aromatic carbocycles. The van der Waals surface area contributed by atoms with Gasteiger partial charge in [-0.3, -0.25) is 9.10 Å². The standard InChI is InChI=1S/C23H30N2O5S/c1-7-21(25(31(6,28)29)19-12-15(3)11-16(4)13-19)22(26)24-20-14-18(10-9-17(20)5)23(27)30-8-2/h9-14,21H,7-8H2,1-6H3,(H,24,26)/t21-/m1/s1. The highest BCUT2D eigenvalue weighted by molar-refractivity contribution is 7.92. The third-order valence-electron chi connectivity index (χ3n) is 4.80. The summed E-state index contributed by atoms with van der Waals surface area (Å²) in [5.74, 6) is -0.964. The Morgan fingerprint density at radius 2 is 1.65 bits per heavy atom. The summed E-state index contributed by atoms with van der Waals surface area (Å²) in [6, 6.07) is 9.35. The van der Waals surface area contributed by atoms with Gasteiger partial charge in [0, 0.05) is 5.69 Å². The van der Waals surface area contributed by atoms with Gasteiger partial charge in [0.1, 0.15) is 6.04 Å². The smallest absolute Gasteiger partial charge is 0.338 e. The van der Waals surface area contributed by atoms with E-state index in [2.05, 4.69) is 5.32 Å². The molecule has 31 heavy (non-hydrogen) atoms. The van der Waals surface area contributed by atoms with Gasteiger partial charge in [0.05, 0.1) is 24.1 Å². The van der Waals surface area contributed by atoms with Gasteiger partial charge in [-0.25, -0.2) is 13.2 Å². The average Bonchev–Trinajstić information content (AvgIpc) is 2.65. The first-order chi connectivity index (χ1) is 14.5. The molecule has 0 aliphatic heterocycles. The lowest BCUT2D eigenvalue weighted by atomic mass is 10.1. The second-order valence-corrected chi connectivity index (χ2v) is 9.43. The van der Waals surface area contributed by atoms with E-state index in [0.717, 1.165) is 27.3 Å². The Hall–Kier alpha value is -2.87. The number of sulfonamides is 1. The number of ether oxygens (including phenoxy) is 1. The first kappa shape index (κ1) is 24.4. The molecule has 1 N–H and O–H groups in total. The molecular weight excluding hydrogens is 416 g/mol. The third-order valence-corrected chi connectivity index (χ3v) is 5.98. The number of anilines is 2. The number of benzene rings is 2. The minimum Gasteiger partial charge on any atom is -0.462 e. The summed E-state index contributed by atoms with van der Waals surface area (Å²) in [6.07, 6.45) is 1.36. The molecule has 0 bridgehead atoms. The highest BCUT2D eigenvalue weighted by Crippen LogP contribution is 2.26. The number of carbonyl (C=O) groups excluding carboxylic acids is 2. The number of rotatable bonds is 8. The van der Waals surface area contributed by atoms with Gasteiger partial charge < -0.3 is 10.1 Å². The van der Waals surface area contributed by atoms with E-state index in [9.17, 15) is 18.0 Å². The molecule has 0 fully saturated rings. The summed E-state index contributed by atoms with van der Waals surface area (Å²) in [7, 11) is -3.74. The van der Waals surface area contributed by atoms with Crippen LogP contribution in [0.4, 0.5) is 11.4 Å². The number of carbonyl (C=O) groups is 2. The van der Waals surface area contributed by atoms with Crippen molar-refractivity contribution >= 4 is 33.3 Å². The number of nitrogens with zero attached hydrogens (tertiary/aromatic N) is 1. The molecule has 1 amide bonds. The lowest BCUT2D eigenvalue weighted by Crippen LogP contribution is -2.47. The monoisotopic (exact) mass is 446 g/mol. The van der Waals surface area contributed by atoms with Crippen LogP contribution in [0.5, 0.6) is 0 Å². The summed E-state index contributed by atoms with van der Waals surface area (Å²) in [4.78, 5) is 25.3. The van der Waals surface area contributed by atoms with Crippen molar-refractivity contribution in [2.45, 2.75) is 47.1 Å². The fourth-order valence-electron chi connectivity index (χ4n) is 3.45. The molecule has 0 saturated carbocycles. The van der Waals surface area contributed by atoms with Gasteiger partial charge in [-0.05, 0) is 75.1 Å². The van der Waals surface area contributed by atoms with E-state index in [1.165, 1.54) is 0 Å². The molecule has 0 spiro atoms. The zero-order valence-electron chi connectivity index (χ0n) is 18.9. The Morgan fingerprint density at radius 3 is 2.16 bits per heavy atom. The van der Waals surface area contributed by atoms with E-state index >= 15 is 0 Å². The zero-order valence-corrected chi connectivity index (χ0v) is 19.7. The number of nitrogens with one attached hydrogen (secondary N) is 1. The minimum atomic E-state index is -3.74. The molecule has 0 saturated heterocycles. The number of esters is 1. The molecular formula is C23H30N2O5S. The topological polar surface area (TPSA) is 92.8 Å². The lowest BCUT2D eigenvalue weighted by molar-refractivity contribution is -0.117. The fourth-order valence-corrected chi connectivity index (χ4v) is 4.65. The maximum Gasteiger partial charge on any atom is 0.338 e. The quantitative estimate of drug-likeness (QED) is 0.620. The first-order valence-corrected chi connectivity index (χ1v) is 12.0. The Kier molecular flexibility index (Phi) is 7.84. The predicted octanol–water partition coefficient (Wildman–Crippen LogP) is 3.97. The van der Waals surface area contributed by atoms with Crippen molar-refractivity contribution in [1.29, 1.82) is 0 Å². The normalized spacial score (nSPS) is 12.2. The summed E-state index contributed by atoms with van der Waals surface area (Å²) in [5, 5.41) is 2.80. The molecule has 2 aromatic rings. The predicted molar refractivity (Wildman–Crippen MR) is 123 cm³/mol. The first-order valence-electron chi connectivity index (χ1n) is 10.1. The average molecular weight is 447 g/mol. The molecule has 1 atom stereocenters. The van der Waals surface area contributed by atoms with Crippen molar-refractivity contribution < 1.29 is 22.7 Å². The van der Waals surface area contributed by atoms with Gasteiger partial charge in [-0.2, -0.15) is 0 Å². The van der Waals surface area contributed by atoms with E-state index in [-0.39, 0.29) is 13.0 Å². The van der Waals surface area contributed by atoms with Gasteiger partial charge in [0.25, 0.3) is 0 Å². The van der Waals surface area contributed by atoms with E-state index in [1.54, 1.807) is 51.1 Å². The molecule has 0 aliphatic rings. The number of aryl methyl sites for hydroxylation is 3. The van der Waals surface area contributed by atoms with Crippen LogP contribution in [0.25, 0.3) is 0 Å². The summed E-state index contributed by atoms with van der Waals surface area (Å²) >= 11 is 0. The van der Waals surface area contributed by atoms with E-state index < -0.39 is 27.9 Å². The molecule has 0 unspecified atom stereocenters. The van der Waals surface area contributed by atoms with Crippen LogP contribution >= 0.6 is 0 Å². The molecule has 0 aliphatic carbocycles. The van der Waals surface area contributed by atoms with Crippen LogP contribution in [0, 0.1) is 20.8 Å². The molecule has 7 nitrogen and oxygen atoms in total. The van der Waals surface area contributed by atoms with Crippen molar-refractivity contribution in [2.24, 2.45) is 0 Å². The summed E-state index contributed by atoms with van der Waals surface area (Å²) in [6.45, 7) is 9.26. The maximum absolute atomic E-state index is 13.2. The van der Waals surface area contributed by atoms with Gasteiger partial charge in [0.15, 0.2) is 0 Å². The second-order valence-electron chi connectivity index (χ2n) is 7.57. The van der Waals surface area contributed by atoms with Gasteiger partial charge in [0.2, 0.25) is 15.9 Å². The number of hydrogen-bond donors (Lipinski definition) is 1. The van der Waals surface area contributed by atoms with Crippen molar-refractivity contribution in [3.63, 3.8) is 0 Å². The van der Waals surface area contributed by atoms with Crippen molar-refractivity contribution in [3.05, 3.63) is 58.7 Å². The van der Waals surface area contributed by atoms with Crippen LogP contribution in [-0.2, 0) is 19.6 Å². The number of hydrogen-bond acceptors (Lipinski definition) is 5. The van der Waals surface area contributed by atoms with Crippen molar-refractivity contribution in [2.75, 3.05) is 22.5 Å². The zero-order chi connectivity index (χ0) is 23.3. The van der Waals surface area contributed by atoms with Crippen molar-refractivity contribution in [1.82, 2.24) is 0 Å². The van der Waals surface area contributed by atoms with Crippen LogP contribution in [-0.4, -0.2) is 39.2 Å². The minimum absolute atomic E-state index is 0.242. The summed E-state index contributed by atoms with van der Waals surface area (Å²) in [5.41, 5.74) is 3.73. The SMILES string of the molecule is CCOC(=O)c1ccc(C)c(NC(=O)[C@@H](CC)N(c2cc(C)cc(C)c2)S(C)(=O)=O)c1. The largest absolute Gasteiger partial charge is 0.462 e. The highest BCUT2D eigenvalue weighted by atomic mass is 32.2. The van der Waals surface area contributed by atoms with Crippen LogP contribution in [0.15, 0.2) is 36.4 Å². The fraction of sp³-hybridized carbons (Fsp3) is 0.391. The lowest BCUT2D eigenvalue weighted by Gasteiger charge is -2.30. The van der Waals surface area contributed by atoms with Crippen molar-refractivity contribution in [3.8, 4) is 0 Å². The molecule has 0 heterocycles. The van der Waals surface area contributed by atoms with Crippen LogP contribution in [0.3, 0.4) is 0 Å². The maximum atomic E-state index is 13.2. The van der Waals surface area contributed by atoms with Crippen LogP contribution < -0.4 is 9.62 Å². The second kappa shape index (κ2) is 9.96. The Labute approximate surface area is 184 Å². The Morgan fingerprint density at radius 1 is 1.03 bits per heavy atom. The molecule has 168 valence electrons. The molecule has 2 rings (SSSR count). The molecule has 8 heteroatoms. The Balaban J connectivity index is 2.43. The van der Waals surface area contributed by atoms with Crippen LogP contribution in [0.1, 0.15) is 47.3 Å².